The Morgan fingerprint density at radius 2 is 2.00 bits per heavy atom. The molecule has 1 unspecified atom stereocenters. The van der Waals surface area contributed by atoms with Crippen molar-refractivity contribution in [1.82, 2.24) is 4.90 Å². The zero-order chi connectivity index (χ0) is 10.2. The smallest absolute Gasteiger partial charge is 0.0210 e. The second-order valence-corrected chi connectivity index (χ2v) is 5.82. The van der Waals surface area contributed by atoms with Crippen LogP contribution in [-0.4, -0.2) is 18.0 Å². The summed E-state index contributed by atoms with van der Waals surface area (Å²) >= 11 is 0. The Morgan fingerprint density at radius 3 is 2.71 bits per heavy atom. The minimum absolute atomic E-state index is 0.443. The molecule has 1 nitrogen and oxygen atoms in total. The normalized spacial score (nSPS) is 28.4. The van der Waals surface area contributed by atoms with Crippen LogP contribution in [0.4, 0.5) is 0 Å². The average Bonchev–Trinajstić information content (AvgIpc) is 2.42. The molecule has 2 heterocycles. The van der Waals surface area contributed by atoms with E-state index in [1.54, 1.807) is 5.70 Å². The minimum Gasteiger partial charge on any atom is -0.375 e. The predicted molar refractivity (Wildman–Crippen MR) is 61.1 cm³/mol. The molecule has 0 radical (unpaired) electrons. The number of nitrogens with zero attached hydrogens (tertiary/aromatic N) is 1. The number of rotatable bonds is 0. The third-order valence-corrected chi connectivity index (χ3v) is 3.69. The van der Waals surface area contributed by atoms with Gasteiger partial charge in [0.2, 0.25) is 0 Å². The quantitative estimate of drug-likeness (QED) is 0.570. The van der Waals surface area contributed by atoms with Gasteiger partial charge < -0.3 is 4.90 Å². The summed E-state index contributed by atoms with van der Waals surface area (Å²) in [5, 5.41) is 0. The van der Waals surface area contributed by atoms with Crippen LogP contribution in [-0.2, 0) is 0 Å². The maximum atomic E-state index is 2.63. The second kappa shape index (κ2) is 3.60. The molecule has 0 aromatic rings. The zero-order valence-electron chi connectivity index (χ0n) is 9.84. The lowest BCUT2D eigenvalue weighted by Crippen LogP contribution is -2.29. The molecule has 0 amide bonds. The van der Waals surface area contributed by atoms with Crippen LogP contribution >= 0.6 is 0 Å². The van der Waals surface area contributed by atoms with Gasteiger partial charge in [0.05, 0.1) is 0 Å². The van der Waals surface area contributed by atoms with Crippen LogP contribution in [0.15, 0.2) is 11.8 Å². The first-order chi connectivity index (χ1) is 6.59. The molecule has 2 rings (SSSR count). The molecule has 1 heteroatoms. The molecule has 0 spiro atoms. The lowest BCUT2D eigenvalue weighted by atomic mass is 9.76. The van der Waals surface area contributed by atoms with E-state index in [1.807, 2.05) is 0 Å². The molecule has 1 saturated heterocycles. The van der Waals surface area contributed by atoms with Crippen LogP contribution < -0.4 is 0 Å². The molecule has 80 valence electrons. The SMILES string of the molecule is CC(C)(C)C1CCCCN2CCC=C12. The molecule has 0 N–H and O–H groups in total. The van der Waals surface area contributed by atoms with Crippen molar-refractivity contribution >= 4 is 0 Å². The maximum Gasteiger partial charge on any atom is 0.0210 e. The Labute approximate surface area is 88.2 Å². The highest BCUT2D eigenvalue weighted by Gasteiger charge is 2.33. The van der Waals surface area contributed by atoms with Crippen molar-refractivity contribution in [1.29, 1.82) is 0 Å². The summed E-state index contributed by atoms with van der Waals surface area (Å²) in [5.41, 5.74) is 2.11. The summed E-state index contributed by atoms with van der Waals surface area (Å²) in [7, 11) is 0. The topological polar surface area (TPSA) is 3.24 Å². The molecule has 2 aliphatic rings. The van der Waals surface area contributed by atoms with Crippen LogP contribution in [0, 0.1) is 11.3 Å². The molecule has 0 aromatic carbocycles. The van der Waals surface area contributed by atoms with Gasteiger partial charge in [0, 0.05) is 24.7 Å². The van der Waals surface area contributed by atoms with Gasteiger partial charge >= 0.3 is 0 Å². The van der Waals surface area contributed by atoms with E-state index in [1.165, 1.54) is 38.8 Å². The molecule has 0 saturated carbocycles. The lowest BCUT2D eigenvalue weighted by Gasteiger charge is -2.34. The molecular formula is C13H23N. The Balaban J connectivity index is 2.21. The van der Waals surface area contributed by atoms with Gasteiger partial charge in [-0.25, -0.2) is 0 Å². The fourth-order valence-corrected chi connectivity index (χ4v) is 2.91. The number of hydrogen-bond acceptors (Lipinski definition) is 1. The van der Waals surface area contributed by atoms with Crippen LogP contribution in [0.2, 0.25) is 0 Å². The summed E-state index contributed by atoms with van der Waals surface area (Å²) < 4.78 is 0. The lowest BCUT2D eigenvalue weighted by molar-refractivity contribution is 0.228. The van der Waals surface area contributed by atoms with Gasteiger partial charge in [-0.2, -0.15) is 0 Å². The van der Waals surface area contributed by atoms with Crippen molar-refractivity contribution in [3.8, 4) is 0 Å². The first-order valence-electron chi connectivity index (χ1n) is 6.04. The van der Waals surface area contributed by atoms with Gasteiger partial charge in [-0.3, -0.25) is 0 Å². The Hall–Kier alpha value is -0.460. The summed E-state index contributed by atoms with van der Waals surface area (Å²) in [4.78, 5) is 2.63. The van der Waals surface area contributed by atoms with E-state index < -0.39 is 0 Å². The highest BCUT2D eigenvalue weighted by atomic mass is 15.2. The summed E-state index contributed by atoms with van der Waals surface area (Å²) in [6.45, 7) is 9.75. The van der Waals surface area contributed by atoms with Gasteiger partial charge in [-0.1, -0.05) is 33.3 Å². The standard InChI is InChI=1S/C13H23N/c1-13(2,3)11-7-4-5-9-14-10-6-8-12(11)14/h8,11H,4-7,9-10H2,1-3H3. The van der Waals surface area contributed by atoms with Crippen molar-refractivity contribution in [3.63, 3.8) is 0 Å². The van der Waals surface area contributed by atoms with E-state index in [2.05, 4.69) is 31.7 Å². The molecule has 14 heavy (non-hydrogen) atoms. The van der Waals surface area contributed by atoms with E-state index in [0.717, 1.165) is 5.92 Å². The van der Waals surface area contributed by atoms with Gasteiger partial charge in [-0.15, -0.1) is 0 Å². The van der Waals surface area contributed by atoms with E-state index >= 15 is 0 Å². The fourth-order valence-electron chi connectivity index (χ4n) is 2.91. The predicted octanol–water partition coefficient (Wildman–Crippen LogP) is 3.42. The first kappa shape index (κ1) is 10.1. The van der Waals surface area contributed by atoms with Crippen molar-refractivity contribution in [2.24, 2.45) is 11.3 Å². The molecule has 1 atom stereocenters. The number of fused-ring (bicyclic) bond motifs is 1. The average molecular weight is 193 g/mol. The Bertz CT molecular complexity index is 234. The van der Waals surface area contributed by atoms with Gasteiger partial charge in [0.25, 0.3) is 0 Å². The number of hydrogen-bond donors (Lipinski definition) is 0. The Kier molecular flexibility index (Phi) is 2.59. The van der Waals surface area contributed by atoms with E-state index in [9.17, 15) is 0 Å². The summed E-state index contributed by atoms with van der Waals surface area (Å²) in [6.07, 6.45) is 7.97. The number of allylic oxidation sites excluding steroid dienone is 1. The minimum atomic E-state index is 0.443. The van der Waals surface area contributed by atoms with Crippen molar-refractivity contribution in [3.05, 3.63) is 11.8 Å². The maximum absolute atomic E-state index is 2.63. The first-order valence-corrected chi connectivity index (χ1v) is 6.04. The molecule has 1 fully saturated rings. The largest absolute Gasteiger partial charge is 0.375 e. The zero-order valence-corrected chi connectivity index (χ0v) is 9.84. The van der Waals surface area contributed by atoms with Gasteiger partial charge in [-0.05, 0) is 24.7 Å². The van der Waals surface area contributed by atoms with Crippen molar-refractivity contribution in [2.45, 2.75) is 46.5 Å². The van der Waals surface area contributed by atoms with Gasteiger partial charge in [0.1, 0.15) is 0 Å². The molecule has 0 bridgehead atoms. The van der Waals surface area contributed by atoms with E-state index in [4.69, 9.17) is 0 Å². The molecule has 0 aliphatic carbocycles. The Morgan fingerprint density at radius 1 is 1.21 bits per heavy atom. The molecule has 0 aromatic heterocycles. The van der Waals surface area contributed by atoms with Crippen LogP contribution in [0.3, 0.4) is 0 Å². The molecular weight excluding hydrogens is 170 g/mol. The third-order valence-electron chi connectivity index (χ3n) is 3.69. The third kappa shape index (κ3) is 1.82. The van der Waals surface area contributed by atoms with Crippen molar-refractivity contribution < 1.29 is 0 Å². The highest BCUT2D eigenvalue weighted by Crippen LogP contribution is 2.41. The van der Waals surface area contributed by atoms with Crippen molar-refractivity contribution in [2.75, 3.05) is 13.1 Å². The van der Waals surface area contributed by atoms with Gasteiger partial charge in [0.15, 0.2) is 0 Å². The monoisotopic (exact) mass is 193 g/mol. The van der Waals surface area contributed by atoms with Crippen LogP contribution in [0.5, 0.6) is 0 Å². The molecule has 2 aliphatic heterocycles. The van der Waals surface area contributed by atoms with Crippen LogP contribution in [0.1, 0.15) is 46.5 Å². The van der Waals surface area contributed by atoms with E-state index in [0.29, 0.717) is 5.41 Å². The summed E-state index contributed by atoms with van der Waals surface area (Å²) in [6, 6.07) is 0. The highest BCUT2D eigenvalue weighted by molar-refractivity contribution is 5.14. The van der Waals surface area contributed by atoms with Crippen LogP contribution in [0.25, 0.3) is 0 Å². The fraction of sp³-hybridized carbons (Fsp3) is 0.846. The second-order valence-electron chi connectivity index (χ2n) is 5.82. The van der Waals surface area contributed by atoms with E-state index in [-0.39, 0.29) is 0 Å². The summed E-state index contributed by atoms with van der Waals surface area (Å²) in [5.74, 6) is 0.799.